The molecule has 62 valence electrons. The molecule has 1 heterocycles. The minimum absolute atomic E-state index is 0.645. The lowest BCUT2D eigenvalue weighted by molar-refractivity contribution is 1.24. The molecule has 0 amide bonds. The highest BCUT2D eigenvalue weighted by molar-refractivity contribution is 7.10. The number of alkyl halides is 1. The van der Waals surface area contributed by atoms with Crippen molar-refractivity contribution in [2.75, 3.05) is 5.88 Å². The van der Waals surface area contributed by atoms with E-state index in [4.69, 9.17) is 16.9 Å². The van der Waals surface area contributed by atoms with E-state index in [0.29, 0.717) is 5.88 Å². The fourth-order valence-electron chi connectivity index (χ4n) is 0.779. The zero-order valence-corrected chi connectivity index (χ0v) is 8.03. The molecule has 0 aliphatic rings. The van der Waals surface area contributed by atoms with Gasteiger partial charge in [-0.2, -0.15) is 5.26 Å². The molecule has 1 nitrogen and oxygen atoms in total. The Hall–Kier alpha value is -0.780. The van der Waals surface area contributed by atoms with E-state index in [0.717, 1.165) is 16.9 Å². The summed E-state index contributed by atoms with van der Waals surface area (Å²) in [6.45, 7) is 0. The Balaban J connectivity index is 2.59. The molecule has 0 saturated carbocycles. The minimum atomic E-state index is 0.645. The van der Waals surface area contributed by atoms with Crippen LogP contribution in [0.5, 0.6) is 0 Å². The van der Waals surface area contributed by atoms with Crippen LogP contribution in [-0.4, -0.2) is 5.88 Å². The first kappa shape index (κ1) is 9.31. The zero-order chi connectivity index (χ0) is 8.81. The quantitative estimate of drug-likeness (QED) is 0.683. The summed E-state index contributed by atoms with van der Waals surface area (Å²) >= 11 is 6.96. The van der Waals surface area contributed by atoms with Crippen molar-refractivity contribution in [1.29, 1.82) is 5.26 Å². The van der Waals surface area contributed by atoms with Gasteiger partial charge in [0.15, 0.2) is 0 Å². The van der Waals surface area contributed by atoms with Crippen molar-refractivity contribution in [1.82, 2.24) is 0 Å². The molecule has 12 heavy (non-hydrogen) atoms. The lowest BCUT2D eigenvalue weighted by Gasteiger charge is -1.82. The van der Waals surface area contributed by atoms with Crippen molar-refractivity contribution in [2.24, 2.45) is 0 Å². The van der Waals surface area contributed by atoms with E-state index in [1.165, 1.54) is 11.3 Å². The molecule has 1 aromatic rings. The number of nitrogens with zero attached hydrogens (tertiary/aromatic N) is 1. The summed E-state index contributed by atoms with van der Waals surface area (Å²) < 4.78 is 0. The molecule has 0 N–H and O–H groups in total. The van der Waals surface area contributed by atoms with Gasteiger partial charge in [0.05, 0.1) is 0 Å². The average Bonchev–Trinajstić information content (AvgIpc) is 2.53. The number of halogens is 1. The van der Waals surface area contributed by atoms with Crippen LogP contribution in [0.15, 0.2) is 17.5 Å². The maximum Gasteiger partial charge on any atom is 0.110 e. The summed E-state index contributed by atoms with van der Waals surface area (Å²) in [5.74, 6) is 0.645. The molecule has 0 aromatic carbocycles. The first-order chi connectivity index (χ1) is 5.86. The molecule has 0 aliphatic carbocycles. The number of nitriles is 1. The highest BCUT2D eigenvalue weighted by atomic mass is 35.5. The fourth-order valence-corrected chi connectivity index (χ4v) is 1.57. The van der Waals surface area contributed by atoms with Gasteiger partial charge in [0, 0.05) is 5.88 Å². The molecule has 0 atom stereocenters. The van der Waals surface area contributed by atoms with Crippen LogP contribution in [0.25, 0.3) is 6.08 Å². The number of allylic oxidation sites excluding steroid dienone is 1. The monoisotopic (exact) mass is 197 g/mol. The lowest BCUT2D eigenvalue weighted by Crippen LogP contribution is -1.66. The molecular formula is C9H8ClNS. The van der Waals surface area contributed by atoms with Crippen molar-refractivity contribution < 1.29 is 0 Å². The molecule has 0 saturated heterocycles. The third-order valence-corrected chi connectivity index (χ3v) is 2.39. The second-order valence-electron chi connectivity index (χ2n) is 2.24. The van der Waals surface area contributed by atoms with Crippen LogP contribution >= 0.6 is 22.9 Å². The van der Waals surface area contributed by atoms with Gasteiger partial charge in [-0.05, 0) is 23.4 Å². The number of rotatable bonds is 3. The fraction of sp³-hybridized carbons (Fsp3) is 0.222. The largest absolute Gasteiger partial charge is 0.192 e. The molecule has 1 rings (SSSR count). The van der Waals surface area contributed by atoms with E-state index in [-0.39, 0.29) is 0 Å². The Morgan fingerprint density at radius 1 is 1.67 bits per heavy atom. The van der Waals surface area contributed by atoms with E-state index < -0.39 is 0 Å². The van der Waals surface area contributed by atoms with E-state index in [2.05, 4.69) is 6.07 Å². The van der Waals surface area contributed by atoms with E-state index in [1.54, 1.807) is 0 Å². The predicted octanol–water partition coefficient (Wildman–Crippen LogP) is 3.26. The van der Waals surface area contributed by atoms with E-state index >= 15 is 0 Å². The second-order valence-corrected chi connectivity index (χ2v) is 3.53. The molecule has 0 aliphatic heterocycles. The van der Waals surface area contributed by atoms with Crippen LogP contribution in [0.2, 0.25) is 0 Å². The lowest BCUT2D eigenvalue weighted by atomic mass is 10.3. The Kier molecular flexibility index (Phi) is 3.86. The molecule has 0 bridgehead atoms. The van der Waals surface area contributed by atoms with Crippen LogP contribution in [0.1, 0.15) is 16.9 Å². The summed E-state index contributed by atoms with van der Waals surface area (Å²) in [5, 5.41) is 10.5. The number of hydrogen-bond donors (Lipinski definition) is 0. The van der Waals surface area contributed by atoms with Gasteiger partial charge in [0.2, 0.25) is 0 Å². The Bertz CT molecular complexity index is 309. The molecule has 0 unspecified atom stereocenters. The number of hydrogen-bond acceptors (Lipinski definition) is 2. The van der Waals surface area contributed by atoms with Crippen molar-refractivity contribution in [3.8, 4) is 6.07 Å². The predicted molar refractivity (Wildman–Crippen MR) is 53.4 cm³/mol. The van der Waals surface area contributed by atoms with Crippen molar-refractivity contribution in [3.05, 3.63) is 28.0 Å². The normalized spacial score (nSPS) is 10.3. The van der Waals surface area contributed by atoms with Gasteiger partial charge < -0.3 is 0 Å². The first-order valence-corrected chi connectivity index (χ1v) is 4.99. The highest BCUT2D eigenvalue weighted by Gasteiger charge is 1.93. The third-order valence-electron chi connectivity index (χ3n) is 1.32. The van der Waals surface area contributed by atoms with Gasteiger partial charge in [-0.15, -0.1) is 22.9 Å². The van der Waals surface area contributed by atoms with Gasteiger partial charge in [-0.1, -0.05) is 12.2 Å². The third kappa shape index (κ3) is 2.69. The van der Waals surface area contributed by atoms with Crippen molar-refractivity contribution >= 4 is 29.0 Å². The zero-order valence-electron chi connectivity index (χ0n) is 6.46. The summed E-state index contributed by atoms with van der Waals surface area (Å²) in [6, 6.07) is 3.97. The molecule has 0 spiro atoms. The van der Waals surface area contributed by atoms with Crippen LogP contribution in [0, 0.1) is 11.3 Å². The van der Waals surface area contributed by atoms with Crippen LogP contribution in [0.4, 0.5) is 0 Å². The maximum absolute atomic E-state index is 8.54. The van der Waals surface area contributed by atoms with E-state index in [1.807, 2.05) is 23.6 Å². The van der Waals surface area contributed by atoms with Crippen molar-refractivity contribution in [2.45, 2.75) is 6.42 Å². The average molecular weight is 198 g/mol. The first-order valence-electron chi connectivity index (χ1n) is 3.58. The van der Waals surface area contributed by atoms with E-state index in [9.17, 15) is 0 Å². The molecule has 0 fully saturated rings. The maximum atomic E-state index is 8.54. The molecule has 0 radical (unpaired) electrons. The summed E-state index contributed by atoms with van der Waals surface area (Å²) in [7, 11) is 0. The molecule has 3 heteroatoms. The van der Waals surface area contributed by atoms with Gasteiger partial charge >= 0.3 is 0 Å². The minimum Gasteiger partial charge on any atom is -0.192 e. The molecular weight excluding hydrogens is 190 g/mol. The SMILES string of the molecule is N#Cc1cc(C=CCCCl)cs1. The Morgan fingerprint density at radius 2 is 2.50 bits per heavy atom. The number of thiophene rings is 1. The summed E-state index contributed by atoms with van der Waals surface area (Å²) in [5.41, 5.74) is 1.08. The van der Waals surface area contributed by atoms with Gasteiger partial charge in [-0.3, -0.25) is 0 Å². The molecule has 1 aromatic heterocycles. The Labute approximate surface area is 80.9 Å². The second kappa shape index (κ2) is 4.97. The summed E-state index contributed by atoms with van der Waals surface area (Å²) in [4.78, 5) is 0.750. The highest BCUT2D eigenvalue weighted by Crippen LogP contribution is 2.14. The smallest absolute Gasteiger partial charge is 0.110 e. The van der Waals surface area contributed by atoms with Gasteiger partial charge in [-0.25, -0.2) is 0 Å². The van der Waals surface area contributed by atoms with Crippen LogP contribution < -0.4 is 0 Å². The topological polar surface area (TPSA) is 23.8 Å². The van der Waals surface area contributed by atoms with Crippen LogP contribution in [0.3, 0.4) is 0 Å². The standard InChI is InChI=1S/C9H8ClNS/c10-4-2-1-3-8-5-9(6-11)12-7-8/h1,3,5,7H,2,4H2. The van der Waals surface area contributed by atoms with Gasteiger partial charge in [0.1, 0.15) is 10.9 Å². The van der Waals surface area contributed by atoms with Crippen LogP contribution in [-0.2, 0) is 0 Å². The van der Waals surface area contributed by atoms with Crippen molar-refractivity contribution in [3.63, 3.8) is 0 Å². The Morgan fingerprint density at radius 3 is 3.08 bits per heavy atom. The van der Waals surface area contributed by atoms with Gasteiger partial charge in [0.25, 0.3) is 0 Å². The summed E-state index contributed by atoms with van der Waals surface area (Å²) in [6.07, 6.45) is 4.87.